The maximum absolute atomic E-state index is 12.5. The van der Waals surface area contributed by atoms with Crippen molar-refractivity contribution in [3.63, 3.8) is 0 Å². The van der Waals surface area contributed by atoms with E-state index in [2.05, 4.69) is 10.1 Å². The molecule has 0 unspecified atom stereocenters. The Balaban J connectivity index is 2.12. The molecular weight excluding hydrogens is 381 g/mol. The van der Waals surface area contributed by atoms with E-state index in [1.807, 2.05) is 0 Å². The molecule has 144 valence electrons. The number of ether oxygens (including phenoxy) is 1. The smallest absolute Gasteiger partial charge is 0.406 e. The molecule has 2 rings (SSSR count). The van der Waals surface area contributed by atoms with Crippen molar-refractivity contribution in [1.82, 2.24) is 4.90 Å². The molecule has 0 aliphatic heterocycles. The summed E-state index contributed by atoms with van der Waals surface area (Å²) in [5.74, 6) is -0.877. The monoisotopic (exact) mass is 398 g/mol. The van der Waals surface area contributed by atoms with Gasteiger partial charge >= 0.3 is 6.36 Å². The summed E-state index contributed by atoms with van der Waals surface area (Å²) < 4.78 is 40.8. The number of benzene rings is 2. The fourth-order valence-corrected chi connectivity index (χ4v) is 3.05. The molecular formula is C18H17F3N2O3S. The number of alkyl halides is 3. The van der Waals surface area contributed by atoms with Crippen molar-refractivity contribution in [2.24, 2.45) is 0 Å². The molecule has 2 aromatic carbocycles. The van der Waals surface area contributed by atoms with Crippen LogP contribution in [0, 0.1) is 0 Å². The number of carbonyl (C=O) groups excluding carboxylic acids is 2. The van der Waals surface area contributed by atoms with Gasteiger partial charge in [-0.05, 0) is 24.3 Å². The van der Waals surface area contributed by atoms with Crippen LogP contribution in [0.5, 0.6) is 5.75 Å². The second-order valence-electron chi connectivity index (χ2n) is 5.60. The van der Waals surface area contributed by atoms with Gasteiger partial charge < -0.3 is 15.0 Å². The Bertz CT molecular complexity index is 825. The molecule has 0 saturated carbocycles. The molecule has 9 heteroatoms. The molecule has 0 atom stereocenters. The zero-order chi connectivity index (χ0) is 20.0. The van der Waals surface area contributed by atoms with Gasteiger partial charge in [0.25, 0.3) is 5.91 Å². The minimum atomic E-state index is -4.81. The molecule has 0 aliphatic rings. The number of hydrogen-bond donors (Lipinski definition) is 1. The number of anilines is 1. The molecule has 0 aliphatic carbocycles. The summed E-state index contributed by atoms with van der Waals surface area (Å²) in [5, 5.41) is 2.54. The number of thioether (sulfide) groups is 1. The maximum Gasteiger partial charge on any atom is 0.573 e. The van der Waals surface area contributed by atoms with Crippen LogP contribution in [0.1, 0.15) is 10.4 Å². The first-order valence-electron chi connectivity index (χ1n) is 7.75. The van der Waals surface area contributed by atoms with Crippen LogP contribution in [0.4, 0.5) is 18.9 Å². The summed E-state index contributed by atoms with van der Waals surface area (Å²) in [7, 11) is 3.27. The van der Waals surface area contributed by atoms with Gasteiger partial charge in [0.2, 0.25) is 5.91 Å². The molecule has 2 aromatic rings. The molecule has 0 heterocycles. The fraction of sp³-hybridized carbons (Fsp3) is 0.222. The SMILES string of the molecule is CN(C)C(=O)CSc1ccccc1C(=O)Nc1cccc(OC(F)(F)F)c1. The summed E-state index contributed by atoms with van der Waals surface area (Å²) in [4.78, 5) is 26.3. The number of halogens is 3. The third-order valence-corrected chi connectivity index (χ3v) is 4.37. The zero-order valence-electron chi connectivity index (χ0n) is 14.5. The number of nitrogens with zero attached hydrogens (tertiary/aromatic N) is 1. The molecule has 27 heavy (non-hydrogen) atoms. The van der Waals surface area contributed by atoms with Crippen molar-refractivity contribution in [3.8, 4) is 5.75 Å². The molecule has 2 amide bonds. The summed E-state index contributed by atoms with van der Waals surface area (Å²) >= 11 is 1.21. The third-order valence-electron chi connectivity index (χ3n) is 3.31. The summed E-state index contributed by atoms with van der Waals surface area (Å²) in [6.45, 7) is 0. The Morgan fingerprint density at radius 1 is 1.11 bits per heavy atom. The van der Waals surface area contributed by atoms with E-state index in [9.17, 15) is 22.8 Å². The van der Waals surface area contributed by atoms with Crippen molar-refractivity contribution in [3.05, 3.63) is 54.1 Å². The van der Waals surface area contributed by atoms with Gasteiger partial charge in [-0.1, -0.05) is 18.2 Å². The van der Waals surface area contributed by atoms with Gasteiger partial charge in [-0.15, -0.1) is 24.9 Å². The molecule has 5 nitrogen and oxygen atoms in total. The number of carbonyl (C=O) groups is 2. The molecule has 0 bridgehead atoms. The molecule has 0 aromatic heterocycles. The van der Waals surface area contributed by atoms with Gasteiger partial charge in [0.15, 0.2) is 0 Å². The van der Waals surface area contributed by atoms with Crippen LogP contribution in [-0.4, -0.2) is 42.9 Å². The third kappa shape index (κ3) is 6.52. The van der Waals surface area contributed by atoms with E-state index >= 15 is 0 Å². The fourth-order valence-electron chi connectivity index (χ4n) is 2.02. The molecule has 0 saturated heterocycles. The van der Waals surface area contributed by atoms with Crippen molar-refractivity contribution in [2.75, 3.05) is 25.2 Å². The first kappa shape index (κ1) is 20.6. The number of nitrogens with one attached hydrogen (secondary N) is 1. The van der Waals surface area contributed by atoms with E-state index in [1.165, 1.54) is 28.8 Å². The standard InChI is InChI=1S/C18H17F3N2O3S/c1-23(2)16(24)11-27-15-9-4-3-8-14(15)17(25)22-12-6-5-7-13(10-12)26-18(19,20)21/h3-10H,11H2,1-2H3,(H,22,25). The minimum absolute atomic E-state index is 0.104. The summed E-state index contributed by atoms with van der Waals surface area (Å²) in [6.07, 6.45) is -4.81. The second kappa shape index (κ2) is 8.81. The Kier molecular flexibility index (Phi) is 6.73. The molecule has 0 spiro atoms. The van der Waals surface area contributed by atoms with Gasteiger partial charge in [0.05, 0.1) is 11.3 Å². The van der Waals surface area contributed by atoms with E-state index in [0.29, 0.717) is 10.5 Å². The van der Waals surface area contributed by atoms with Crippen molar-refractivity contribution >= 4 is 29.3 Å². The quantitative estimate of drug-likeness (QED) is 0.747. The van der Waals surface area contributed by atoms with Crippen LogP contribution in [0.15, 0.2) is 53.4 Å². The highest BCUT2D eigenvalue weighted by Gasteiger charge is 2.31. The first-order chi connectivity index (χ1) is 12.7. The molecule has 0 radical (unpaired) electrons. The van der Waals surface area contributed by atoms with Crippen LogP contribution >= 0.6 is 11.8 Å². The molecule has 0 fully saturated rings. The average molecular weight is 398 g/mol. The summed E-state index contributed by atoms with van der Waals surface area (Å²) in [5.41, 5.74) is 0.474. The van der Waals surface area contributed by atoms with E-state index < -0.39 is 18.0 Å². The van der Waals surface area contributed by atoms with Gasteiger partial charge in [-0.2, -0.15) is 0 Å². The Morgan fingerprint density at radius 3 is 2.48 bits per heavy atom. The van der Waals surface area contributed by atoms with E-state index in [1.54, 1.807) is 38.4 Å². The Labute approximate surface area is 158 Å². The first-order valence-corrected chi connectivity index (χ1v) is 8.73. The van der Waals surface area contributed by atoms with Gasteiger partial charge in [0.1, 0.15) is 5.75 Å². The lowest BCUT2D eigenvalue weighted by atomic mass is 10.2. The van der Waals surface area contributed by atoms with Gasteiger partial charge in [0, 0.05) is 30.7 Å². The minimum Gasteiger partial charge on any atom is -0.406 e. The van der Waals surface area contributed by atoms with Crippen molar-refractivity contribution in [1.29, 1.82) is 0 Å². The van der Waals surface area contributed by atoms with Gasteiger partial charge in [-0.3, -0.25) is 9.59 Å². The summed E-state index contributed by atoms with van der Waals surface area (Å²) in [6, 6.07) is 11.7. The van der Waals surface area contributed by atoms with E-state index in [0.717, 1.165) is 12.1 Å². The van der Waals surface area contributed by atoms with Crippen LogP contribution in [0.3, 0.4) is 0 Å². The Hall–Kier alpha value is -2.68. The maximum atomic E-state index is 12.5. The average Bonchev–Trinajstić information content (AvgIpc) is 2.58. The predicted molar refractivity (Wildman–Crippen MR) is 96.9 cm³/mol. The normalized spacial score (nSPS) is 11.0. The van der Waals surface area contributed by atoms with E-state index in [4.69, 9.17) is 0 Å². The topological polar surface area (TPSA) is 58.6 Å². The van der Waals surface area contributed by atoms with Crippen LogP contribution in [0.25, 0.3) is 0 Å². The zero-order valence-corrected chi connectivity index (χ0v) is 15.4. The van der Waals surface area contributed by atoms with Gasteiger partial charge in [-0.25, -0.2) is 0 Å². The highest BCUT2D eigenvalue weighted by Crippen LogP contribution is 2.27. The second-order valence-corrected chi connectivity index (χ2v) is 6.62. The van der Waals surface area contributed by atoms with Crippen LogP contribution in [-0.2, 0) is 4.79 Å². The number of amides is 2. The highest BCUT2D eigenvalue weighted by molar-refractivity contribution is 8.00. The molecule has 1 N–H and O–H groups in total. The predicted octanol–water partition coefficient (Wildman–Crippen LogP) is 4.02. The lowest BCUT2D eigenvalue weighted by Crippen LogP contribution is -2.23. The number of rotatable bonds is 6. The van der Waals surface area contributed by atoms with E-state index in [-0.39, 0.29) is 17.3 Å². The largest absolute Gasteiger partial charge is 0.573 e. The lowest BCUT2D eigenvalue weighted by Gasteiger charge is -2.13. The highest BCUT2D eigenvalue weighted by atomic mass is 32.2. The van der Waals surface area contributed by atoms with Crippen LogP contribution in [0.2, 0.25) is 0 Å². The van der Waals surface area contributed by atoms with Crippen molar-refractivity contribution in [2.45, 2.75) is 11.3 Å². The number of hydrogen-bond acceptors (Lipinski definition) is 4. The Morgan fingerprint density at radius 2 is 1.81 bits per heavy atom. The van der Waals surface area contributed by atoms with Crippen molar-refractivity contribution < 1.29 is 27.5 Å². The van der Waals surface area contributed by atoms with Crippen LogP contribution < -0.4 is 10.1 Å². The lowest BCUT2D eigenvalue weighted by molar-refractivity contribution is -0.274.